The highest BCUT2D eigenvalue weighted by Crippen LogP contribution is 2.44. The van der Waals surface area contributed by atoms with Crippen molar-refractivity contribution < 1.29 is 121 Å². The van der Waals surface area contributed by atoms with Gasteiger partial charge in [-0.15, -0.1) is 5.54 Å². The number of carbonyl (C=O) groups excluding carboxylic acids is 5. The van der Waals surface area contributed by atoms with E-state index in [1.54, 1.807) is 26.9 Å². The molecule has 0 aliphatic carbocycles. The summed E-state index contributed by atoms with van der Waals surface area (Å²) in [7, 11) is -7.77. The van der Waals surface area contributed by atoms with E-state index in [9.17, 15) is 50.3 Å². The van der Waals surface area contributed by atoms with Crippen LogP contribution in [0.5, 0.6) is 0 Å². The first-order valence-electron chi connectivity index (χ1n) is 31.9. The average Bonchev–Trinajstić information content (AvgIpc) is 1.83. The normalized spacial score (nSPS) is 24.5. The first kappa shape index (κ1) is 88.1. The Kier molecular flexibility index (Phi) is 33.2. The van der Waals surface area contributed by atoms with Gasteiger partial charge in [-0.1, -0.05) is 188 Å². The van der Waals surface area contributed by atoms with Gasteiger partial charge in [-0.05, 0) is 26.2 Å². The molecule has 0 radical (unpaired) electrons. The number of halogens is 6. The molecule has 30 heteroatoms. The SMILES string of the molecule is CCC1(OCC#C[Si](C)(C)C(C)(C)C)COC(=O)O1.CCC1(OCC(F)=C(F)[Si](C)(C)C(C)(C)C)COC(=O)O1.CCC1(OCC(F)=CC(F)F)COC(=O)O1.CCC1(OCC=C(F)[Si](C)(C)C(C)(C)C)COC(=O)O1.CCC1(OCC=C[Si](C)(C)C(C)(C)C)COC(=O)O1. The summed E-state index contributed by atoms with van der Waals surface area (Å²) in [6, 6.07) is 0. The molecule has 5 aliphatic heterocycles. The molecule has 5 rings (SSSR count). The number of carbonyl (C=O) groups is 5. The molecule has 5 atom stereocenters. The second-order valence-corrected chi connectivity index (χ2v) is 50.2. The fraction of sp³-hybridized carbons (Fsp3) is 0.769. The van der Waals surface area contributed by atoms with Crippen molar-refractivity contribution in [3.8, 4) is 11.5 Å². The van der Waals surface area contributed by atoms with Crippen molar-refractivity contribution >= 4 is 63.1 Å². The topological polar surface area (TPSA) is 224 Å². The Morgan fingerprint density at radius 1 is 0.484 bits per heavy atom. The smallest absolute Gasteiger partial charge is 0.427 e. The number of alkyl halides is 2. The summed E-state index contributed by atoms with van der Waals surface area (Å²) < 4.78 is 154. The zero-order chi connectivity index (χ0) is 73.7. The molecule has 0 saturated carbocycles. The molecule has 5 fully saturated rings. The Hall–Kier alpha value is -4.88. The Labute approximate surface area is 563 Å². The van der Waals surface area contributed by atoms with Gasteiger partial charge in [0.1, 0.15) is 55.3 Å². The summed E-state index contributed by atoms with van der Waals surface area (Å²) in [5.74, 6) is -4.57. The minimum Gasteiger partial charge on any atom is -0.427 e. The van der Waals surface area contributed by atoms with Gasteiger partial charge in [0.05, 0.1) is 26.7 Å². The Bertz CT molecular complexity index is 2740. The van der Waals surface area contributed by atoms with Crippen molar-refractivity contribution in [3.05, 3.63) is 46.5 Å². The summed E-state index contributed by atoms with van der Waals surface area (Å²) in [4.78, 5) is 54.7. The van der Waals surface area contributed by atoms with Crippen LogP contribution >= 0.6 is 0 Å². The molecule has 0 aromatic heterocycles. The van der Waals surface area contributed by atoms with Crippen molar-refractivity contribution in [2.24, 2.45) is 0 Å². The Balaban J connectivity index is 0.000000595. The minimum absolute atomic E-state index is 0.0535. The van der Waals surface area contributed by atoms with Crippen LogP contribution in [0.4, 0.5) is 50.3 Å². The van der Waals surface area contributed by atoms with E-state index in [4.69, 9.17) is 56.8 Å². The minimum atomic E-state index is -2.89. The average molecular weight is 1440 g/mol. The van der Waals surface area contributed by atoms with Crippen LogP contribution in [0.2, 0.25) is 72.5 Å². The number of rotatable bonds is 23. The van der Waals surface area contributed by atoms with E-state index in [0.29, 0.717) is 37.3 Å². The van der Waals surface area contributed by atoms with Crippen LogP contribution in [-0.4, -0.2) is 165 Å². The quantitative estimate of drug-likeness (QED) is 0.0305. The van der Waals surface area contributed by atoms with Crippen molar-refractivity contribution in [2.45, 2.75) is 258 Å². The van der Waals surface area contributed by atoms with Crippen molar-refractivity contribution in [1.82, 2.24) is 0 Å². The summed E-state index contributed by atoms with van der Waals surface area (Å²) in [6.07, 6.45) is -0.927. The lowest BCUT2D eigenvalue weighted by atomic mass is 10.2. The van der Waals surface area contributed by atoms with Gasteiger partial charge in [-0.2, -0.15) is 0 Å². The second-order valence-electron chi connectivity index (χ2n) is 29.5. The molecule has 5 saturated heterocycles. The lowest BCUT2D eigenvalue weighted by molar-refractivity contribution is -0.178. The standard InChI is InChI=1S/C14H24F2O4Si.C14H25FO4Si.C14H26O4Si.C14H24O4Si.C9H11F3O4/c1-7-14(9-18-12(17)20-14)19-8-10(15)11(16)21(5,6)13(2,3)4;1-7-14(10-17-12(16)19-14)18-9-8-11(15)20(5,6)13(2,3)4;2*1-7-14(11-16-12(15)18-14)17-9-8-10-19(5,6)13(2,3)4;1-2-9(5-14-8(13)16-9)15-4-6(10)3-7(11)12/h7-9H2,1-6H3;8H,7,9-10H2,1-6H3;8,10H,7,9,11H2,1-6H3;7,9,11H2,1-6H3;3,7H,2,4-5H2,1H3. The molecule has 5 unspecified atom stereocenters. The summed E-state index contributed by atoms with van der Waals surface area (Å²) in [6.45, 7) is 50.6. The summed E-state index contributed by atoms with van der Waals surface area (Å²) in [5, 5.41) is 0.152. The number of allylic oxidation sites excluding steroid dienone is 1. The van der Waals surface area contributed by atoms with Gasteiger partial charge in [0.2, 0.25) is 0 Å². The van der Waals surface area contributed by atoms with Gasteiger partial charge in [0.15, 0.2) is 38.9 Å². The monoisotopic (exact) mass is 1440 g/mol. The number of cyclic esters (lactones) is 10. The maximum atomic E-state index is 14.4. The lowest BCUT2D eigenvalue weighted by Crippen LogP contribution is -2.40. The van der Waals surface area contributed by atoms with Crippen LogP contribution in [0.3, 0.4) is 0 Å². The zero-order valence-corrected chi connectivity index (χ0v) is 64.9. The largest absolute Gasteiger partial charge is 0.511 e. The predicted octanol–water partition coefficient (Wildman–Crippen LogP) is 18.3. The summed E-state index contributed by atoms with van der Waals surface area (Å²) in [5.41, 5.74) is 4.83. The third kappa shape index (κ3) is 27.1. The first-order chi connectivity index (χ1) is 43.2. The molecular formula is C65H110F6O20Si4. The first-order valence-corrected chi connectivity index (χ1v) is 44.0. The maximum absolute atomic E-state index is 14.4. The van der Waals surface area contributed by atoms with E-state index >= 15 is 0 Å². The molecular weight excluding hydrogens is 1330 g/mol. The van der Waals surface area contributed by atoms with E-state index in [2.05, 4.69) is 99.1 Å². The third-order valence-electron chi connectivity index (χ3n) is 18.7. The van der Waals surface area contributed by atoms with E-state index in [-0.39, 0.29) is 79.3 Å². The molecule has 548 valence electrons. The fourth-order valence-corrected chi connectivity index (χ4v) is 12.0. The highest BCUT2D eigenvalue weighted by molar-refractivity contribution is 6.88. The highest BCUT2D eigenvalue weighted by atomic mass is 28.3. The van der Waals surface area contributed by atoms with Crippen molar-refractivity contribution in [3.63, 3.8) is 0 Å². The van der Waals surface area contributed by atoms with Crippen molar-refractivity contribution in [2.75, 3.05) is 66.1 Å². The van der Waals surface area contributed by atoms with Crippen LogP contribution in [0.25, 0.3) is 0 Å². The van der Waals surface area contributed by atoms with E-state index in [0.717, 1.165) is 0 Å². The Morgan fingerprint density at radius 2 is 0.821 bits per heavy atom. The van der Waals surface area contributed by atoms with Gasteiger partial charge in [0, 0.05) is 38.2 Å². The molecule has 20 nitrogen and oxygen atoms in total. The van der Waals surface area contributed by atoms with E-state index < -0.39 is 129 Å². The van der Waals surface area contributed by atoms with Gasteiger partial charge >= 0.3 is 30.8 Å². The van der Waals surface area contributed by atoms with Gasteiger partial charge in [0.25, 0.3) is 35.4 Å². The zero-order valence-electron chi connectivity index (χ0n) is 60.9. The molecule has 0 aromatic rings. The van der Waals surface area contributed by atoms with Gasteiger partial charge in [-0.25, -0.2) is 50.3 Å². The molecule has 0 aromatic carbocycles. The van der Waals surface area contributed by atoms with Crippen LogP contribution in [0.15, 0.2) is 46.5 Å². The molecule has 5 aliphatic rings. The highest BCUT2D eigenvalue weighted by Gasteiger charge is 2.48. The lowest BCUT2D eigenvalue weighted by Gasteiger charge is -2.35. The van der Waals surface area contributed by atoms with Gasteiger partial charge < -0.3 is 71.1 Å². The number of hydrogen-bond donors (Lipinski definition) is 0. The van der Waals surface area contributed by atoms with Crippen LogP contribution in [0, 0.1) is 11.5 Å². The van der Waals surface area contributed by atoms with Crippen molar-refractivity contribution in [1.29, 1.82) is 0 Å². The molecule has 0 amide bonds. The van der Waals surface area contributed by atoms with E-state index in [1.807, 2.05) is 81.5 Å². The second kappa shape index (κ2) is 35.8. The maximum Gasteiger partial charge on any atom is 0.511 e. The predicted molar refractivity (Wildman–Crippen MR) is 356 cm³/mol. The molecule has 0 bridgehead atoms. The fourth-order valence-electron chi connectivity index (χ4n) is 7.23. The molecule has 0 spiro atoms. The number of ether oxygens (including phenoxy) is 15. The van der Waals surface area contributed by atoms with Gasteiger partial charge in [-0.3, -0.25) is 0 Å². The third-order valence-corrected chi connectivity index (χ3v) is 38.4. The van der Waals surface area contributed by atoms with E-state index in [1.165, 1.54) is 6.08 Å². The molecule has 0 N–H and O–H groups in total. The molecule has 5 heterocycles. The molecule has 95 heavy (non-hydrogen) atoms. The van der Waals surface area contributed by atoms with Crippen LogP contribution in [-0.2, 0) is 71.1 Å². The Morgan fingerprint density at radius 3 is 1.13 bits per heavy atom. The van der Waals surface area contributed by atoms with Crippen LogP contribution in [0.1, 0.15) is 150 Å². The number of hydrogen-bond acceptors (Lipinski definition) is 20. The summed E-state index contributed by atoms with van der Waals surface area (Å²) >= 11 is 0. The van der Waals surface area contributed by atoms with Crippen LogP contribution < -0.4 is 0 Å².